The van der Waals surface area contributed by atoms with Gasteiger partial charge in [0.05, 0.1) is 24.2 Å². The lowest BCUT2D eigenvalue weighted by atomic mass is 9.99. The summed E-state index contributed by atoms with van der Waals surface area (Å²) in [6.07, 6.45) is 0.690. The minimum atomic E-state index is -0.998. The van der Waals surface area contributed by atoms with E-state index in [1.807, 2.05) is 0 Å². The van der Waals surface area contributed by atoms with Gasteiger partial charge in [-0.15, -0.1) is 0 Å². The molecule has 0 saturated carbocycles. The topological polar surface area (TPSA) is 55.8 Å². The van der Waals surface area contributed by atoms with Crippen molar-refractivity contribution >= 4 is 17.6 Å². The average molecular weight is 289 g/mol. The molecule has 0 saturated heterocycles. The van der Waals surface area contributed by atoms with Crippen LogP contribution in [-0.4, -0.2) is 24.3 Å². The number of carbonyl (C=O) groups is 1. The molecule has 1 aliphatic rings. The van der Waals surface area contributed by atoms with Gasteiger partial charge in [0.15, 0.2) is 11.5 Å². The van der Waals surface area contributed by atoms with Gasteiger partial charge in [0, 0.05) is 18.1 Å². The summed E-state index contributed by atoms with van der Waals surface area (Å²) in [5.74, 6) is -1.73. The molecule has 1 atom stereocenters. The fraction of sp³-hybridized carbons (Fsp3) is 0.462. The zero-order chi connectivity index (χ0) is 14.0. The third kappa shape index (κ3) is 2.92. The summed E-state index contributed by atoms with van der Waals surface area (Å²) in [4.78, 5) is 10.9. The maximum absolute atomic E-state index is 14.1. The van der Waals surface area contributed by atoms with Gasteiger partial charge in [-0.3, -0.25) is 4.79 Å². The summed E-state index contributed by atoms with van der Waals surface area (Å²) in [7, 11) is 0. The molecule has 0 amide bonds. The van der Waals surface area contributed by atoms with Crippen LogP contribution in [0.5, 0.6) is 11.5 Å². The summed E-state index contributed by atoms with van der Waals surface area (Å²) in [6.45, 7) is 2.37. The molecule has 0 aliphatic carbocycles. The zero-order valence-corrected chi connectivity index (χ0v) is 11.2. The number of benzene rings is 1. The smallest absolute Gasteiger partial charge is 0.306 e. The van der Waals surface area contributed by atoms with Crippen molar-refractivity contribution in [1.82, 2.24) is 0 Å². The third-order valence-corrected chi connectivity index (χ3v) is 3.23. The molecule has 1 aromatic carbocycles. The molecular weight excluding hydrogens is 275 g/mol. The Balaban J connectivity index is 2.45. The minimum absolute atomic E-state index is 0.00736. The molecule has 0 spiro atoms. The third-order valence-electron chi connectivity index (χ3n) is 2.95. The average Bonchev–Trinajstić information content (AvgIpc) is 2.59. The van der Waals surface area contributed by atoms with E-state index in [-0.39, 0.29) is 22.8 Å². The number of carboxylic acid groups (broad SMARTS) is 1. The van der Waals surface area contributed by atoms with Crippen molar-refractivity contribution in [3.63, 3.8) is 0 Å². The van der Waals surface area contributed by atoms with Gasteiger partial charge in [-0.05, 0) is 6.42 Å². The van der Waals surface area contributed by atoms with Crippen LogP contribution < -0.4 is 9.47 Å². The normalized spacial score (nSPS) is 15.7. The quantitative estimate of drug-likeness (QED) is 0.929. The van der Waals surface area contributed by atoms with E-state index in [0.717, 1.165) is 0 Å². The summed E-state index contributed by atoms with van der Waals surface area (Å²) in [5.41, 5.74) is 0.166. The Kier molecular flexibility index (Phi) is 4.14. The second kappa shape index (κ2) is 5.65. The first-order valence-corrected chi connectivity index (χ1v) is 6.37. The van der Waals surface area contributed by atoms with Gasteiger partial charge >= 0.3 is 5.97 Å². The number of rotatable bonds is 3. The highest BCUT2D eigenvalue weighted by molar-refractivity contribution is 6.31. The Morgan fingerprint density at radius 3 is 2.89 bits per heavy atom. The minimum Gasteiger partial charge on any atom is -0.489 e. The molecule has 1 unspecified atom stereocenters. The van der Waals surface area contributed by atoms with Gasteiger partial charge in [-0.25, -0.2) is 4.39 Å². The van der Waals surface area contributed by atoms with Crippen LogP contribution in [0.1, 0.15) is 18.9 Å². The van der Waals surface area contributed by atoms with Gasteiger partial charge in [-0.1, -0.05) is 18.5 Å². The Labute approximate surface area is 115 Å². The number of aliphatic carboxylic acids is 1. The lowest BCUT2D eigenvalue weighted by molar-refractivity contribution is -0.141. The van der Waals surface area contributed by atoms with Crippen LogP contribution in [-0.2, 0) is 11.2 Å². The number of carboxylic acids is 1. The molecule has 19 heavy (non-hydrogen) atoms. The van der Waals surface area contributed by atoms with E-state index in [0.29, 0.717) is 25.4 Å². The largest absolute Gasteiger partial charge is 0.489 e. The summed E-state index contributed by atoms with van der Waals surface area (Å²) < 4.78 is 25.0. The van der Waals surface area contributed by atoms with Crippen LogP contribution in [0.15, 0.2) is 6.07 Å². The molecule has 2 rings (SSSR count). The lowest BCUT2D eigenvalue weighted by Gasteiger charge is -2.16. The highest BCUT2D eigenvalue weighted by Crippen LogP contribution is 2.39. The van der Waals surface area contributed by atoms with E-state index in [4.69, 9.17) is 26.2 Å². The Morgan fingerprint density at radius 1 is 1.53 bits per heavy atom. The first kappa shape index (κ1) is 13.9. The highest BCUT2D eigenvalue weighted by atomic mass is 35.5. The Morgan fingerprint density at radius 2 is 2.21 bits per heavy atom. The molecule has 0 fully saturated rings. The van der Waals surface area contributed by atoms with Gasteiger partial charge in [0.2, 0.25) is 0 Å². The molecule has 1 aromatic rings. The summed E-state index contributed by atoms with van der Waals surface area (Å²) >= 11 is 5.81. The van der Waals surface area contributed by atoms with E-state index in [9.17, 15) is 9.18 Å². The molecule has 0 aromatic heterocycles. The molecule has 1 N–H and O–H groups in total. The molecule has 6 heteroatoms. The van der Waals surface area contributed by atoms with Crippen molar-refractivity contribution in [2.75, 3.05) is 13.2 Å². The predicted octanol–water partition coefficient (Wildman–Crippen LogP) is 2.90. The van der Waals surface area contributed by atoms with E-state index in [1.165, 1.54) is 13.0 Å². The van der Waals surface area contributed by atoms with Crippen LogP contribution in [0.2, 0.25) is 5.02 Å². The van der Waals surface area contributed by atoms with Crippen LogP contribution in [0, 0.1) is 11.7 Å². The first-order valence-electron chi connectivity index (χ1n) is 6.00. The molecule has 0 bridgehead atoms. The number of ether oxygens (including phenoxy) is 2. The van der Waals surface area contributed by atoms with Crippen molar-refractivity contribution in [3.8, 4) is 11.5 Å². The van der Waals surface area contributed by atoms with Gasteiger partial charge in [-0.2, -0.15) is 0 Å². The van der Waals surface area contributed by atoms with Gasteiger partial charge in [0.25, 0.3) is 0 Å². The molecular formula is C13H14ClFO4. The molecule has 1 heterocycles. The van der Waals surface area contributed by atoms with Crippen molar-refractivity contribution in [3.05, 3.63) is 22.5 Å². The molecule has 0 radical (unpaired) electrons. The van der Waals surface area contributed by atoms with E-state index < -0.39 is 17.7 Å². The predicted molar refractivity (Wildman–Crippen MR) is 67.5 cm³/mol. The lowest BCUT2D eigenvalue weighted by Crippen LogP contribution is -2.14. The van der Waals surface area contributed by atoms with E-state index in [2.05, 4.69) is 0 Å². The van der Waals surface area contributed by atoms with Crippen molar-refractivity contribution in [2.24, 2.45) is 5.92 Å². The van der Waals surface area contributed by atoms with Crippen molar-refractivity contribution in [1.29, 1.82) is 0 Å². The van der Waals surface area contributed by atoms with Crippen molar-refractivity contribution in [2.45, 2.75) is 19.8 Å². The van der Waals surface area contributed by atoms with Crippen LogP contribution in [0.25, 0.3) is 0 Å². The van der Waals surface area contributed by atoms with E-state index in [1.54, 1.807) is 0 Å². The second-order valence-electron chi connectivity index (χ2n) is 4.47. The Hall–Kier alpha value is -1.49. The number of halogens is 2. The summed E-state index contributed by atoms with van der Waals surface area (Å²) in [5, 5.41) is 8.85. The Bertz CT molecular complexity index is 504. The fourth-order valence-corrected chi connectivity index (χ4v) is 2.11. The monoisotopic (exact) mass is 288 g/mol. The molecule has 4 nitrogen and oxygen atoms in total. The molecule has 104 valence electrons. The number of hydrogen-bond donors (Lipinski definition) is 1. The van der Waals surface area contributed by atoms with Gasteiger partial charge < -0.3 is 14.6 Å². The van der Waals surface area contributed by atoms with Crippen LogP contribution in [0.3, 0.4) is 0 Å². The SMILES string of the molecule is CC(Cc1c(F)c(Cl)cc2c1OCCCO2)C(=O)O. The van der Waals surface area contributed by atoms with Crippen LogP contribution in [0.4, 0.5) is 4.39 Å². The fourth-order valence-electron chi connectivity index (χ4n) is 1.89. The standard InChI is InChI=1S/C13H14ClFO4/c1-7(13(16)17)5-8-11(15)9(14)6-10-12(8)19-4-2-3-18-10/h6-7H,2-5H2,1H3,(H,16,17). The first-order chi connectivity index (χ1) is 9.00. The number of hydrogen-bond acceptors (Lipinski definition) is 3. The van der Waals surface area contributed by atoms with Crippen LogP contribution >= 0.6 is 11.6 Å². The van der Waals surface area contributed by atoms with E-state index >= 15 is 0 Å². The molecule has 1 aliphatic heterocycles. The summed E-state index contributed by atoms with van der Waals surface area (Å²) in [6, 6.07) is 1.37. The zero-order valence-electron chi connectivity index (χ0n) is 10.4. The van der Waals surface area contributed by atoms with Gasteiger partial charge in [0.1, 0.15) is 5.82 Å². The second-order valence-corrected chi connectivity index (χ2v) is 4.88. The maximum atomic E-state index is 14.1. The number of fused-ring (bicyclic) bond motifs is 1. The van der Waals surface area contributed by atoms with Crippen molar-refractivity contribution < 1.29 is 23.8 Å². The highest BCUT2D eigenvalue weighted by Gasteiger charge is 2.25. The maximum Gasteiger partial charge on any atom is 0.306 e.